The first kappa shape index (κ1) is 16.5. The van der Waals surface area contributed by atoms with Crippen molar-refractivity contribution in [2.24, 2.45) is 0 Å². The van der Waals surface area contributed by atoms with Crippen molar-refractivity contribution in [1.82, 2.24) is 0 Å². The average Bonchev–Trinajstić information content (AvgIpc) is 2.53. The van der Waals surface area contributed by atoms with Crippen LogP contribution in [0.4, 0.5) is 11.4 Å². The van der Waals surface area contributed by atoms with Gasteiger partial charge < -0.3 is 25.2 Å². The number of aliphatic carboxylic acids is 1. The maximum atomic E-state index is 11.5. The molecule has 1 aliphatic heterocycles. The minimum atomic E-state index is -1.24. The summed E-state index contributed by atoms with van der Waals surface area (Å²) in [5, 5.41) is 20.3. The number of carbonyl (C=O) groups excluding carboxylic acids is 1. The number of amides is 1. The number of anilines is 2. The van der Waals surface area contributed by atoms with Gasteiger partial charge in [-0.15, -0.1) is 0 Å². The van der Waals surface area contributed by atoms with Crippen LogP contribution in [0.2, 0.25) is 0 Å². The van der Waals surface area contributed by atoms with Gasteiger partial charge in [0.25, 0.3) is 0 Å². The van der Waals surface area contributed by atoms with Crippen LogP contribution in [0.5, 0.6) is 0 Å². The summed E-state index contributed by atoms with van der Waals surface area (Å²) in [5.41, 5.74) is 0.895. The van der Waals surface area contributed by atoms with Crippen molar-refractivity contribution in [3.63, 3.8) is 0 Å². The van der Waals surface area contributed by atoms with E-state index in [-0.39, 0.29) is 11.3 Å². The number of nitrogens with one attached hydrogen (secondary N) is 1. The van der Waals surface area contributed by atoms with Crippen molar-refractivity contribution in [3.05, 3.63) is 35.9 Å². The van der Waals surface area contributed by atoms with Crippen LogP contribution in [0.1, 0.15) is 10.4 Å². The van der Waals surface area contributed by atoms with E-state index in [4.69, 9.17) is 9.84 Å². The summed E-state index contributed by atoms with van der Waals surface area (Å²) in [4.78, 5) is 35.3. The lowest BCUT2D eigenvalue weighted by atomic mass is 10.1. The van der Waals surface area contributed by atoms with Gasteiger partial charge in [0.05, 0.1) is 24.5 Å². The number of carboxylic acid groups (broad SMARTS) is 2. The minimum absolute atomic E-state index is 0.0620. The standard InChI is InChI=1S/C15H16N2O6/c18-13(3-4-14(19)20)16-10-1-2-12(11(9-10)15(21)22)17-5-7-23-8-6-17/h1-4,9H,5-8H2,(H,16,18)(H,19,20)(H,21,22)/b4-3-. The zero-order valence-electron chi connectivity index (χ0n) is 12.2. The molecule has 1 saturated heterocycles. The molecule has 8 heteroatoms. The number of rotatable bonds is 5. The zero-order chi connectivity index (χ0) is 16.8. The number of nitrogens with zero attached hydrogens (tertiary/aromatic N) is 1. The van der Waals surface area contributed by atoms with Gasteiger partial charge in [-0.25, -0.2) is 9.59 Å². The summed E-state index contributed by atoms with van der Waals surface area (Å²) in [6.45, 7) is 2.23. The molecule has 1 heterocycles. The lowest BCUT2D eigenvalue weighted by Crippen LogP contribution is -2.37. The molecule has 0 bridgehead atoms. The summed E-state index contributed by atoms with van der Waals surface area (Å²) in [6.07, 6.45) is 1.56. The number of benzene rings is 1. The Labute approximate surface area is 132 Å². The molecule has 1 aliphatic rings. The van der Waals surface area contributed by atoms with E-state index in [2.05, 4.69) is 5.32 Å². The van der Waals surface area contributed by atoms with Crippen molar-refractivity contribution in [1.29, 1.82) is 0 Å². The first-order chi connectivity index (χ1) is 11.0. The molecule has 0 unspecified atom stereocenters. The number of carboxylic acids is 2. The molecule has 0 atom stereocenters. The summed E-state index contributed by atoms with van der Waals surface area (Å²) < 4.78 is 5.24. The Kier molecular flexibility index (Phi) is 5.32. The molecular formula is C15H16N2O6. The molecule has 23 heavy (non-hydrogen) atoms. The summed E-state index contributed by atoms with van der Waals surface area (Å²) in [5.74, 6) is -3.00. The molecule has 1 aromatic rings. The Morgan fingerprint density at radius 2 is 1.83 bits per heavy atom. The quantitative estimate of drug-likeness (QED) is 0.687. The van der Waals surface area contributed by atoms with E-state index < -0.39 is 17.8 Å². The van der Waals surface area contributed by atoms with E-state index in [1.165, 1.54) is 6.07 Å². The van der Waals surface area contributed by atoms with Crippen LogP contribution in [0, 0.1) is 0 Å². The van der Waals surface area contributed by atoms with Crippen LogP contribution in [-0.2, 0) is 14.3 Å². The van der Waals surface area contributed by atoms with Crippen molar-refractivity contribution in [2.75, 3.05) is 36.5 Å². The monoisotopic (exact) mass is 320 g/mol. The number of hydrogen-bond donors (Lipinski definition) is 3. The number of aromatic carboxylic acids is 1. The summed E-state index contributed by atoms with van der Waals surface area (Å²) in [7, 11) is 0. The molecule has 8 nitrogen and oxygen atoms in total. The highest BCUT2D eigenvalue weighted by Crippen LogP contribution is 2.25. The third kappa shape index (κ3) is 4.55. The molecule has 2 rings (SSSR count). The fraction of sp³-hybridized carbons (Fsp3) is 0.267. The SMILES string of the molecule is O=C(O)/C=C\C(=O)Nc1ccc(N2CCOCC2)c(C(=O)O)c1. The fourth-order valence-electron chi connectivity index (χ4n) is 2.20. The predicted molar refractivity (Wildman–Crippen MR) is 81.8 cm³/mol. The number of carbonyl (C=O) groups is 3. The molecule has 0 saturated carbocycles. The van der Waals surface area contributed by atoms with Gasteiger partial charge in [0.1, 0.15) is 0 Å². The van der Waals surface area contributed by atoms with Gasteiger partial charge in [0.2, 0.25) is 5.91 Å². The molecule has 0 aromatic heterocycles. The van der Waals surface area contributed by atoms with Crippen molar-refractivity contribution in [2.45, 2.75) is 0 Å². The van der Waals surface area contributed by atoms with E-state index in [1.54, 1.807) is 12.1 Å². The topological polar surface area (TPSA) is 116 Å². The van der Waals surface area contributed by atoms with Crippen LogP contribution in [0.15, 0.2) is 30.4 Å². The summed E-state index contributed by atoms with van der Waals surface area (Å²) in [6, 6.07) is 4.54. The fourth-order valence-corrected chi connectivity index (χ4v) is 2.20. The molecule has 122 valence electrons. The highest BCUT2D eigenvalue weighted by Gasteiger charge is 2.19. The minimum Gasteiger partial charge on any atom is -0.478 e. The van der Waals surface area contributed by atoms with Crippen LogP contribution in [-0.4, -0.2) is 54.4 Å². The number of ether oxygens (including phenoxy) is 1. The van der Waals surface area contributed by atoms with Gasteiger partial charge in [0, 0.05) is 30.9 Å². The number of morpholine rings is 1. The lowest BCUT2D eigenvalue weighted by Gasteiger charge is -2.30. The molecule has 1 aromatic carbocycles. The van der Waals surface area contributed by atoms with E-state index in [0.717, 1.165) is 6.08 Å². The Balaban J connectivity index is 2.20. The lowest BCUT2D eigenvalue weighted by molar-refractivity contribution is -0.131. The normalized spacial score (nSPS) is 14.7. The van der Waals surface area contributed by atoms with Crippen molar-refractivity contribution >= 4 is 29.2 Å². The average molecular weight is 320 g/mol. The smallest absolute Gasteiger partial charge is 0.337 e. The molecule has 3 N–H and O–H groups in total. The molecule has 0 spiro atoms. The zero-order valence-corrected chi connectivity index (χ0v) is 12.2. The van der Waals surface area contributed by atoms with Crippen LogP contribution < -0.4 is 10.2 Å². The first-order valence-electron chi connectivity index (χ1n) is 6.89. The van der Waals surface area contributed by atoms with Gasteiger partial charge in [-0.3, -0.25) is 4.79 Å². The van der Waals surface area contributed by atoms with Crippen molar-refractivity contribution < 1.29 is 29.3 Å². The maximum Gasteiger partial charge on any atom is 0.337 e. The van der Waals surface area contributed by atoms with Crippen molar-refractivity contribution in [3.8, 4) is 0 Å². The second-order valence-electron chi connectivity index (χ2n) is 4.80. The van der Waals surface area contributed by atoms with Gasteiger partial charge >= 0.3 is 11.9 Å². The second kappa shape index (κ2) is 7.41. The molecule has 1 amide bonds. The highest BCUT2D eigenvalue weighted by atomic mass is 16.5. The Morgan fingerprint density at radius 1 is 1.13 bits per heavy atom. The van der Waals surface area contributed by atoms with Crippen LogP contribution >= 0.6 is 0 Å². The Hall–Kier alpha value is -2.87. The highest BCUT2D eigenvalue weighted by molar-refractivity contribution is 6.03. The summed E-state index contributed by atoms with van der Waals surface area (Å²) >= 11 is 0. The van der Waals surface area contributed by atoms with Gasteiger partial charge in [-0.1, -0.05) is 0 Å². The Morgan fingerprint density at radius 3 is 2.43 bits per heavy atom. The third-order valence-electron chi connectivity index (χ3n) is 3.22. The Bertz CT molecular complexity index is 649. The van der Waals surface area contributed by atoms with E-state index in [0.29, 0.717) is 38.1 Å². The largest absolute Gasteiger partial charge is 0.478 e. The number of hydrogen-bond acceptors (Lipinski definition) is 5. The molecular weight excluding hydrogens is 304 g/mol. The third-order valence-corrected chi connectivity index (χ3v) is 3.22. The van der Waals surface area contributed by atoms with Gasteiger partial charge in [0.15, 0.2) is 0 Å². The van der Waals surface area contributed by atoms with Crippen LogP contribution in [0.25, 0.3) is 0 Å². The maximum absolute atomic E-state index is 11.5. The van der Waals surface area contributed by atoms with Gasteiger partial charge in [-0.2, -0.15) is 0 Å². The molecule has 1 fully saturated rings. The van der Waals surface area contributed by atoms with Gasteiger partial charge in [-0.05, 0) is 18.2 Å². The van der Waals surface area contributed by atoms with Crippen LogP contribution in [0.3, 0.4) is 0 Å². The molecule has 0 aliphatic carbocycles. The first-order valence-corrected chi connectivity index (χ1v) is 6.89. The second-order valence-corrected chi connectivity index (χ2v) is 4.80. The van der Waals surface area contributed by atoms with E-state index in [9.17, 15) is 19.5 Å². The molecule has 0 radical (unpaired) electrons. The predicted octanol–water partition coefficient (Wildman–Crippen LogP) is 0.801. The van der Waals surface area contributed by atoms with E-state index >= 15 is 0 Å². The van der Waals surface area contributed by atoms with E-state index in [1.807, 2.05) is 4.90 Å².